The number of amides is 1. The zero-order valence-electron chi connectivity index (χ0n) is 8.80. The largest absolute Gasteiger partial charge is 0.326 e. The average molecular weight is 233 g/mol. The van der Waals surface area contributed by atoms with Gasteiger partial charge in [-0.15, -0.1) is 11.3 Å². The van der Waals surface area contributed by atoms with Gasteiger partial charge in [0.15, 0.2) is 0 Å². The topological polar surface area (TPSA) is 46.9 Å². The predicted molar refractivity (Wildman–Crippen MR) is 65.8 cm³/mol. The number of aromatic nitrogens is 2. The molecule has 0 saturated heterocycles. The smallest absolute Gasteiger partial charge is 0.211 e. The van der Waals surface area contributed by atoms with Crippen molar-refractivity contribution in [3.05, 3.63) is 35.3 Å². The van der Waals surface area contributed by atoms with Gasteiger partial charge in [-0.3, -0.25) is 4.79 Å². The molecule has 2 aromatic rings. The number of thiophene rings is 1. The van der Waals surface area contributed by atoms with E-state index in [0.717, 1.165) is 16.1 Å². The Morgan fingerprint density at radius 3 is 3.12 bits per heavy atom. The van der Waals surface area contributed by atoms with Crippen LogP contribution in [0.1, 0.15) is 11.8 Å². The van der Waals surface area contributed by atoms with E-state index in [1.807, 2.05) is 18.4 Å². The van der Waals surface area contributed by atoms with Crippen LogP contribution < -0.4 is 5.32 Å². The van der Waals surface area contributed by atoms with Gasteiger partial charge >= 0.3 is 0 Å². The summed E-state index contributed by atoms with van der Waals surface area (Å²) in [5.74, 6) is 0. The molecule has 0 spiro atoms. The SMILES string of the molecule is C=C(C)c1cc(-n2cc(NC=O)cn2)cs1. The number of nitrogens with one attached hydrogen (secondary N) is 1. The second-order valence-corrected chi connectivity index (χ2v) is 4.30. The van der Waals surface area contributed by atoms with Crippen LogP contribution in [0.2, 0.25) is 0 Å². The van der Waals surface area contributed by atoms with E-state index in [4.69, 9.17) is 0 Å². The standard InChI is InChI=1S/C11H11N3OS/c1-8(2)11-3-10(6-16-11)14-5-9(4-13-14)12-7-15/h3-7H,1H2,2H3,(H,12,15). The Morgan fingerprint density at radius 2 is 2.50 bits per heavy atom. The van der Waals surface area contributed by atoms with Gasteiger partial charge in [-0.1, -0.05) is 6.58 Å². The summed E-state index contributed by atoms with van der Waals surface area (Å²) in [6.07, 6.45) is 4.00. The molecule has 0 saturated carbocycles. The summed E-state index contributed by atoms with van der Waals surface area (Å²) in [7, 11) is 0. The maximum absolute atomic E-state index is 10.3. The molecular weight excluding hydrogens is 222 g/mol. The highest BCUT2D eigenvalue weighted by Crippen LogP contribution is 2.24. The highest BCUT2D eigenvalue weighted by molar-refractivity contribution is 7.11. The van der Waals surface area contributed by atoms with Gasteiger partial charge in [-0.2, -0.15) is 5.10 Å². The Bertz CT molecular complexity index is 527. The summed E-state index contributed by atoms with van der Waals surface area (Å²) in [4.78, 5) is 11.4. The Morgan fingerprint density at radius 1 is 1.69 bits per heavy atom. The molecule has 0 bridgehead atoms. The number of anilines is 1. The lowest BCUT2D eigenvalue weighted by Crippen LogP contribution is -1.92. The number of nitrogens with zero attached hydrogens (tertiary/aromatic N) is 2. The van der Waals surface area contributed by atoms with E-state index in [1.165, 1.54) is 0 Å². The lowest BCUT2D eigenvalue weighted by molar-refractivity contribution is -0.105. The quantitative estimate of drug-likeness (QED) is 0.825. The van der Waals surface area contributed by atoms with Crippen LogP contribution in [0, 0.1) is 0 Å². The molecule has 0 fully saturated rings. The number of rotatable bonds is 4. The first kappa shape index (κ1) is 10.6. The number of hydrogen-bond acceptors (Lipinski definition) is 3. The molecule has 1 amide bonds. The van der Waals surface area contributed by atoms with E-state index in [1.54, 1.807) is 28.4 Å². The van der Waals surface area contributed by atoms with Gasteiger partial charge in [-0.05, 0) is 18.6 Å². The fourth-order valence-corrected chi connectivity index (χ4v) is 2.09. The van der Waals surface area contributed by atoms with Crippen LogP contribution in [0.15, 0.2) is 30.4 Å². The fourth-order valence-electron chi connectivity index (χ4n) is 1.28. The molecule has 1 N–H and O–H groups in total. The van der Waals surface area contributed by atoms with Crippen LogP contribution in [-0.4, -0.2) is 16.2 Å². The molecule has 0 atom stereocenters. The van der Waals surface area contributed by atoms with Gasteiger partial charge in [0, 0.05) is 10.3 Å². The second-order valence-electron chi connectivity index (χ2n) is 3.39. The van der Waals surface area contributed by atoms with Crippen LogP contribution in [0.5, 0.6) is 0 Å². The van der Waals surface area contributed by atoms with Crippen molar-refractivity contribution < 1.29 is 4.79 Å². The van der Waals surface area contributed by atoms with Crippen LogP contribution in [0.25, 0.3) is 11.3 Å². The molecule has 0 unspecified atom stereocenters. The number of allylic oxidation sites excluding steroid dienone is 1. The minimum Gasteiger partial charge on any atom is -0.326 e. The maximum atomic E-state index is 10.3. The molecule has 0 radical (unpaired) electrons. The molecular formula is C11H11N3OS. The molecule has 0 aliphatic heterocycles. The maximum Gasteiger partial charge on any atom is 0.211 e. The molecule has 0 aliphatic rings. The molecule has 0 aromatic carbocycles. The van der Waals surface area contributed by atoms with Crippen molar-refractivity contribution in [1.29, 1.82) is 0 Å². The third kappa shape index (κ3) is 2.04. The van der Waals surface area contributed by atoms with Crippen molar-refractivity contribution in [2.75, 3.05) is 5.32 Å². The lowest BCUT2D eigenvalue weighted by atomic mass is 10.3. The summed E-state index contributed by atoms with van der Waals surface area (Å²) in [5.41, 5.74) is 2.69. The summed E-state index contributed by atoms with van der Waals surface area (Å²) < 4.78 is 1.72. The monoisotopic (exact) mass is 233 g/mol. The summed E-state index contributed by atoms with van der Waals surface area (Å²) >= 11 is 1.62. The van der Waals surface area contributed by atoms with Gasteiger partial charge in [-0.25, -0.2) is 4.68 Å². The highest BCUT2D eigenvalue weighted by Gasteiger charge is 2.04. The van der Waals surface area contributed by atoms with Crippen molar-refractivity contribution in [2.45, 2.75) is 6.92 Å². The van der Waals surface area contributed by atoms with Crippen molar-refractivity contribution in [2.24, 2.45) is 0 Å². The summed E-state index contributed by atoms with van der Waals surface area (Å²) in [6.45, 7) is 5.86. The van der Waals surface area contributed by atoms with E-state index in [0.29, 0.717) is 12.1 Å². The zero-order valence-corrected chi connectivity index (χ0v) is 9.62. The zero-order chi connectivity index (χ0) is 11.5. The molecule has 2 aromatic heterocycles. The first-order valence-electron chi connectivity index (χ1n) is 4.70. The first-order valence-corrected chi connectivity index (χ1v) is 5.58. The third-order valence-electron chi connectivity index (χ3n) is 2.08. The third-order valence-corrected chi connectivity index (χ3v) is 3.16. The van der Waals surface area contributed by atoms with Crippen molar-refractivity contribution in [1.82, 2.24) is 9.78 Å². The summed E-state index contributed by atoms with van der Waals surface area (Å²) in [6, 6.07) is 2.02. The molecule has 2 rings (SSSR count). The molecule has 4 nitrogen and oxygen atoms in total. The molecule has 2 heterocycles. The molecule has 16 heavy (non-hydrogen) atoms. The molecule has 0 aliphatic carbocycles. The van der Waals surface area contributed by atoms with Crippen LogP contribution in [0.4, 0.5) is 5.69 Å². The van der Waals surface area contributed by atoms with Crippen molar-refractivity contribution in [3.8, 4) is 5.69 Å². The van der Waals surface area contributed by atoms with Gasteiger partial charge in [0.25, 0.3) is 0 Å². The lowest BCUT2D eigenvalue weighted by Gasteiger charge is -1.95. The summed E-state index contributed by atoms with van der Waals surface area (Å²) in [5, 5.41) is 8.70. The van der Waals surface area contributed by atoms with E-state index in [9.17, 15) is 4.79 Å². The normalized spacial score (nSPS) is 10.1. The average Bonchev–Trinajstić information content (AvgIpc) is 2.84. The van der Waals surface area contributed by atoms with E-state index in [2.05, 4.69) is 17.0 Å². The Hall–Kier alpha value is -1.88. The minimum absolute atomic E-state index is 0.633. The van der Waals surface area contributed by atoms with Gasteiger partial charge < -0.3 is 5.32 Å². The van der Waals surface area contributed by atoms with Crippen LogP contribution in [-0.2, 0) is 4.79 Å². The Kier molecular flexibility index (Phi) is 2.87. The Labute approximate surface area is 97.2 Å². The van der Waals surface area contributed by atoms with E-state index >= 15 is 0 Å². The number of carbonyl (C=O) groups is 1. The minimum atomic E-state index is 0.633. The van der Waals surface area contributed by atoms with E-state index < -0.39 is 0 Å². The van der Waals surface area contributed by atoms with Crippen molar-refractivity contribution in [3.63, 3.8) is 0 Å². The van der Waals surface area contributed by atoms with Crippen LogP contribution >= 0.6 is 11.3 Å². The second kappa shape index (κ2) is 4.32. The van der Waals surface area contributed by atoms with Gasteiger partial charge in [0.2, 0.25) is 6.41 Å². The first-order chi connectivity index (χ1) is 7.70. The predicted octanol–water partition coefficient (Wildman–Crippen LogP) is 2.54. The van der Waals surface area contributed by atoms with Gasteiger partial charge in [0.05, 0.1) is 23.8 Å². The number of carbonyl (C=O) groups excluding carboxylic acids is 1. The molecule has 5 heteroatoms. The molecule has 82 valence electrons. The van der Waals surface area contributed by atoms with Gasteiger partial charge in [0.1, 0.15) is 0 Å². The van der Waals surface area contributed by atoms with Crippen LogP contribution in [0.3, 0.4) is 0 Å². The van der Waals surface area contributed by atoms with Crippen molar-refractivity contribution >= 4 is 29.0 Å². The fraction of sp³-hybridized carbons (Fsp3) is 0.0909. The van der Waals surface area contributed by atoms with E-state index in [-0.39, 0.29) is 0 Å². The number of hydrogen-bond donors (Lipinski definition) is 1. The Balaban J connectivity index is 2.27. The highest BCUT2D eigenvalue weighted by atomic mass is 32.1.